The van der Waals surface area contributed by atoms with Gasteiger partial charge >= 0.3 is 0 Å². The molecule has 1 spiro atoms. The molecule has 0 aromatic carbocycles. The normalized spacial score (nSPS) is 27.7. The fourth-order valence-electron chi connectivity index (χ4n) is 3.32. The molecule has 0 radical (unpaired) electrons. The van der Waals surface area contributed by atoms with Gasteiger partial charge < -0.3 is 14.4 Å². The maximum atomic E-state index is 11.6. The second-order valence-electron chi connectivity index (χ2n) is 6.74. The lowest BCUT2D eigenvalue weighted by Crippen LogP contribution is -2.33. The van der Waals surface area contributed by atoms with Crippen LogP contribution in [0.5, 0.6) is 0 Å². The minimum absolute atomic E-state index is 0.00410. The zero-order chi connectivity index (χ0) is 16.3. The van der Waals surface area contributed by atoms with E-state index >= 15 is 0 Å². The van der Waals surface area contributed by atoms with Gasteiger partial charge in [-0.3, -0.25) is 14.7 Å². The molecule has 2 fully saturated rings. The van der Waals surface area contributed by atoms with Crippen LogP contribution in [0.25, 0.3) is 0 Å². The summed E-state index contributed by atoms with van der Waals surface area (Å²) in [6.45, 7) is 3.57. The van der Waals surface area contributed by atoms with Crippen molar-refractivity contribution in [3.8, 4) is 0 Å². The highest BCUT2D eigenvalue weighted by Crippen LogP contribution is 2.36. The van der Waals surface area contributed by atoms with Gasteiger partial charge in [-0.2, -0.15) is 0 Å². The molecule has 1 aromatic rings. The minimum atomic E-state index is -0.103. The summed E-state index contributed by atoms with van der Waals surface area (Å²) in [4.78, 5) is 19.7. The third-order valence-electron chi connectivity index (χ3n) is 4.64. The Bertz CT molecular complexity index is 537. The summed E-state index contributed by atoms with van der Waals surface area (Å²) in [7, 11) is 3.48. The monoisotopic (exact) mass is 319 g/mol. The topological polar surface area (TPSA) is 54.9 Å². The molecule has 3 rings (SSSR count). The average molecular weight is 319 g/mol. The van der Waals surface area contributed by atoms with E-state index in [2.05, 4.69) is 16.0 Å². The summed E-state index contributed by atoms with van der Waals surface area (Å²) in [6, 6.07) is 4.07. The first-order valence-electron chi connectivity index (χ1n) is 8.13. The molecule has 126 valence electrons. The van der Waals surface area contributed by atoms with Gasteiger partial charge in [0.25, 0.3) is 0 Å². The molecule has 6 nitrogen and oxygen atoms in total. The fourth-order valence-corrected chi connectivity index (χ4v) is 3.32. The van der Waals surface area contributed by atoms with Crippen LogP contribution in [0.15, 0.2) is 24.5 Å². The molecule has 0 aliphatic carbocycles. The highest BCUT2D eigenvalue weighted by Gasteiger charge is 2.45. The number of hydrogen-bond acceptors (Lipinski definition) is 5. The molecule has 2 saturated heterocycles. The number of aromatic nitrogens is 1. The Labute approximate surface area is 137 Å². The number of carbonyl (C=O) groups is 1. The SMILES string of the molecule is CN(C)C(=O)COC1COC2(CCN(Cc3cccnc3)C2)C1. The maximum absolute atomic E-state index is 11.6. The number of hydrogen-bond donors (Lipinski definition) is 0. The van der Waals surface area contributed by atoms with Crippen molar-refractivity contribution in [1.82, 2.24) is 14.8 Å². The van der Waals surface area contributed by atoms with E-state index in [1.807, 2.05) is 12.3 Å². The lowest BCUT2D eigenvalue weighted by molar-refractivity contribution is -0.135. The summed E-state index contributed by atoms with van der Waals surface area (Å²) >= 11 is 0. The van der Waals surface area contributed by atoms with Crippen molar-refractivity contribution in [3.05, 3.63) is 30.1 Å². The number of likely N-dealkylation sites (N-methyl/N-ethyl adjacent to an activating group) is 1. The standard InChI is InChI=1S/C17H25N3O3/c1-19(2)16(21)12-22-15-8-17(23-11-15)5-7-20(13-17)10-14-4-3-6-18-9-14/h3-4,6,9,15H,5,7-8,10-13H2,1-2H3. The molecule has 6 heteroatoms. The van der Waals surface area contributed by atoms with E-state index in [1.165, 1.54) is 5.56 Å². The van der Waals surface area contributed by atoms with E-state index < -0.39 is 0 Å². The second-order valence-corrected chi connectivity index (χ2v) is 6.74. The zero-order valence-electron chi connectivity index (χ0n) is 13.9. The molecule has 23 heavy (non-hydrogen) atoms. The van der Waals surface area contributed by atoms with Gasteiger partial charge in [0.1, 0.15) is 6.61 Å². The zero-order valence-corrected chi connectivity index (χ0v) is 13.9. The van der Waals surface area contributed by atoms with E-state index in [0.29, 0.717) is 6.61 Å². The Morgan fingerprint density at radius 1 is 1.57 bits per heavy atom. The number of likely N-dealkylation sites (tertiary alicyclic amines) is 1. The van der Waals surface area contributed by atoms with Crippen LogP contribution in [0.4, 0.5) is 0 Å². The van der Waals surface area contributed by atoms with Crippen molar-refractivity contribution in [1.29, 1.82) is 0 Å². The van der Waals surface area contributed by atoms with Gasteiger partial charge in [-0.25, -0.2) is 0 Å². The highest BCUT2D eigenvalue weighted by molar-refractivity contribution is 5.76. The van der Waals surface area contributed by atoms with E-state index in [4.69, 9.17) is 9.47 Å². The molecule has 2 aliphatic rings. The molecule has 0 N–H and O–H groups in total. The molecule has 1 amide bonds. The molecule has 1 aromatic heterocycles. The van der Waals surface area contributed by atoms with Crippen LogP contribution in [0, 0.1) is 0 Å². The maximum Gasteiger partial charge on any atom is 0.248 e. The highest BCUT2D eigenvalue weighted by atomic mass is 16.6. The van der Waals surface area contributed by atoms with Crippen molar-refractivity contribution in [2.45, 2.75) is 31.1 Å². The molecule has 0 bridgehead atoms. The van der Waals surface area contributed by atoms with Crippen molar-refractivity contribution < 1.29 is 14.3 Å². The van der Waals surface area contributed by atoms with Crippen LogP contribution in [-0.4, -0.2) is 72.8 Å². The van der Waals surface area contributed by atoms with Crippen molar-refractivity contribution in [2.75, 3.05) is 40.4 Å². The van der Waals surface area contributed by atoms with E-state index in [0.717, 1.165) is 32.5 Å². The quantitative estimate of drug-likeness (QED) is 0.808. The number of amides is 1. The Kier molecular flexibility index (Phi) is 4.94. The van der Waals surface area contributed by atoms with Gasteiger partial charge in [-0.1, -0.05) is 6.07 Å². The van der Waals surface area contributed by atoms with Gasteiger partial charge in [0.15, 0.2) is 0 Å². The summed E-state index contributed by atoms with van der Waals surface area (Å²) in [5.41, 5.74) is 1.13. The van der Waals surface area contributed by atoms with Crippen LogP contribution in [0.3, 0.4) is 0 Å². The van der Waals surface area contributed by atoms with Crippen molar-refractivity contribution in [2.24, 2.45) is 0 Å². The van der Waals surface area contributed by atoms with Gasteiger partial charge in [0, 0.05) is 52.5 Å². The third-order valence-corrected chi connectivity index (χ3v) is 4.64. The van der Waals surface area contributed by atoms with E-state index in [-0.39, 0.29) is 24.2 Å². The fraction of sp³-hybridized carbons (Fsp3) is 0.647. The summed E-state index contributed by atoms with van der Waals surface area (Å²) in [5.74, 6) is -0.00410. The molecule has 3 heterocycles. The molecular weight excluding hydrogens is 294 g/mol. The number of ether oxygens (including phenoxy) is 2. The van der Waals surface area contributed by atoms with E-state index in [1.54, 1.807) is 25.2 Å². The smallest absolute Gasteiger partial charge is 0.248 e. The van der Waals surface area contributed by atoms with E-state index in [9.17, 15) is 4.79 Å². The van der Waals surface area contributed by atoms with Crippen LogP contribution in [0.1, 0.15) is 18.4 Å². The third kappa shape index (κ3) is 4.07. The van der Waals surface area contributed by atoms with Crippen LogP contribution >= 0.6 is 0 Å². The van der Waals surface area contributed by atoms with Crippen LogP contribution < -0.4 is 0 Å². The largest absolute Gasteiger partial charge is 0.371 e. The Morgan fingerprint density at radius 2 is 2.43 bits per heavy atom. The number of nitrogens with zero attached hydrogens (tertiary/aromatic N) is 3. The Morgan fingerprint density at radius 3 is 3.17 bits per heavy atom. The molecule has 2 atom stereocenters. The predicted molar refractivity (Wildman–Crippen MR) is 85.9 cm³/mol. The number of carbonyl (C=O) groups excluding carboxylic acids is 1. The van der Waals surface area contributed by atoms with Gasteiger partial charge in [0.05, 0.1) is 18.3 Å². The molecular formula is C17H25N3O3. The first-order chi connectivity index (χ1) is 11.1. The second kappa shape index (κ2) is 6.95. The van der Waals surface area contributed by atoms with Crippen molar-refractivity contribution in [3.63, 3.8) is 0 Å². The number of pyridine rings is 1. The van der Waals surface area contributed by atoms with Gasteiger partial charge in [-0.15, -0.1) is 0 Å². The molecule has 2 unspecified atom stereocenters. The number of rotatable bonds is 5. The first kappa shape index (κ1) is 16.4. The minimum Gasteiger partial charge on any atom is -0.371 e. The van der Waals surface area contributed by atoms with Crippen LogP contribution in [-0.2, 0) is 20.8 Å². The van der Waals surface area contributed by atoms with Crippen molar-refractivity contribution >= 4 is 5.91 Å². The molecule has 0 saturated carbocycles. The molecule has 2 aliphatic heterocycles. The average Bonchev–Trinajstić information content (AvgIpc) is 3.13. The Balaban J connectivity index is 1.47. The summed E-state index contributed by atoms with van der Waals surface area (Å²) in [6.07, 6.45) is 5.63. The Hall–Kier alpha value is -1.50. The first-order valence-corrected chi connectivity index (χ1v) is 8.13. The lowest BCUT2D eigenvalue weighted by Gasteiger charge is -2.23. The predicted octanol–water partition coefficient (Wildman–Crippen LogP) is 0.920. The van der Waals surface area contributed by atoms with Crippen LogP contribution in [0.2, 0.25) is 0 Å². The van der Waals surface area contributed by atoms with Gasteiger partial charge in [0.2, 0.25) is 5.91 Å². The van der Waals surface area contributed by atoms with Gasteiger partial charge in [-0.05, 0) is 18.1 Å². The lowest BCUT2D eigenvalue weighted by atomic mass is 9.98. The summed E-state index contributed by atoms with van der Waals surface area (Å²) < 4.78 is 11.8. The summed E-state index contributed by atoms with van der Waals surface area (Å²) in [5, 5.41) is 0.